The lowest BCUT2D eigenvalue weighted by molar-refractivity contribution is 0.263. The molecule has 0 aromatic carbocycles. The predicted octanol–water partition coefficient (Wildman–Crippen LogP) is 1.49. The molecule has 1 aliphatic rings. The molecule has 0 aliphatic carbocycles. The summed E-state index contributed by atoms with van der Waals surface area (Å²) >= 11 is 0. The van der Waals surface area contributed by atoms with Gasteiger partial charge in [-0.1, -0.05) is 6.92 Å². The van der Waals surface area contributed by atoms with E-state index in [1.54, 1.807) is 0 Å². The van der Waals surface area contributed by atoms with Crippen LogP contribution in [0.15, 0.2) is 6.07 Å². The number of nitrogens with zero attached hydrogens (tertiary/aromatic N) is 3. The van der Waals surface area contributed by atoms with Crippen LogP contribution in [-0.2, 0) is 13.5 Å². The third-order valence-electron chi connectivity index (χ3n) is 3.36. The lowest BCUT2D eigenvalue weighted by Gasteiger charge is -2.29. The quantitative estimate of drug-likeness (QED) is 0.841. The standard InChI is InChI=1S/C12H22N4/c1-4-10-9-12(16(3)14-10)13-11-5-7-15(2)8-6-11/h9,11,13H,4-8H2,1-3H3. The third-order valence-corrected chi connectivity index (χ3v) is 3.36. The molecule has 0 atom stereocenters. The second-order valence-corrected chi connectivity index (χ2v) is 4.72. The smallest absolute Gasteiger partial charge is 0.124 e. The zero-order valence-corrected chi connectivity index (χ0v) is 10.5. The monoisotopic (exact) mass is 222 g/mol. The maximum Gasteiger partial charge on any atom is 0.124 e. The first-order valence-electron chi connectivity index (χ1n) is 6.17. The van der Waals surface area contributed by atoms with Crippen molar-refractivity contribution in [2.24, 2.45) is 7.05 Å². The van der Waals surface area contributed by atoms with Crippen molar-refractivity contribution in [3.05, 3.63) is 11.8 Å². The van der Waals surface area contributed by atoms with Gasteiger partial charge in [0.25, 0.3) is 0 Å². The molecule has 0 saturated carbocycles. The Balaban J connectivity index is 1.95. The summed E-state index contributed by atoms with van der Waals surface area (Å²) in [5.74, 6) is 1.16. The Morgan fingerprint density at radius 2 is 2.06 bits per heavy atom. The number of hydrogen-bond acceptors (Lipinski definition) is 3. The van der Waals surface area contributed by atoms with E-state index in [0.717, 1.165) is 17.9 Å². The van der Waals surface area contributed by atoms with Crippen molar-refractivity contribution in [3.8, 4) is 0 Å². The molecule has 1 aromatic heterocycles. The van der Waals surface area contributed by atoms with Gasteiger partial charge in [0.2, 0.25) is 0 Å². The van der Waals surface area contributed by atoms with E-state index in [0.29, 0.717) is 6.04 Å². The average molecular weight is 222 g/mol. The van der Waals surface area contributed by atoms with E-state index in [-0.39, 0.29) is 0 Å². The fourth-order valence-corrected chi connectivity index (χ4v) is 2.20. The van der Waals surface area contributed by atoms with Crippen molar-refractivity contribution in [2.75, 3.05) is 25.5 Å². The molecule has 1 fully saturated rings. The van der Waals surface area contributed by atoms with Gasteiger partial charge >= 0.3 is 0 Å². The van der Waals surface area contributed by atoms with Crippen LogP contribution in [0.1, 0.15) is 25.5 Å². The molecule has 1 aromatic rings. The molecule has 2 heterocycles. The normalized spacial score (nSPS) is 18.9. The number of rotatable bonds is 3. The first kappa shape index (κ1) is 11.5. The molecule has 4 nitrogen and oxygen atoms in total. The minimum Gasteiger partial charge on any atom is -0.367 e. The number of aryl methyl sites for hydroxylation is 2. The lowest BCUT2D eigenvalue weighted by atomic mass is 10.1. The maximum atomic E-state index is 4.45. The van der Waals surface area contributed by atoms with Gasteiger partial charge in [-0.25, -0.2) is 0 Å². The Morgan fingerprint density at radius 1 is 1.38 bits per heavy atom. The van der Waals surface area contributed by atoms with Gasteiger partial charge in [0.05, 0.1) is 5.69 Å². The van der Waals surface area contributed by atoms with E-state index in [1.807, 2.05) is 11.7 Å². The van der Waals surface area contributed by atoms with E-state index in [1.165, 1.54) is 25.9 Å². The Morgan fingerprint density at radius 3 is 2.62 bits per heavy atom. The highest BCUT2D eigenvalue weighted by atomic mass is 15.3. The van der Waals surface area contributed by atoms with Crippen LogP contribution in [0.4, 0.5) is 5.82 Å². The molecular formula is C12H22N4. The van der Waals surface area contributed by atoms with Crippen molar-refractivity contribution >= 4 is 5.82 Å². The molecule has 0 bridgehead atoms. The molecule has 4 heteroatoms. The number of likely N-dealkylation sites (tertiary alicyclic amines) is 1. The summed E-state index contributed by atoms with van der Waals surface area (Å²) in [6.45, 7) is 4.52. The van der Waals surface area contributed by atoms with Crippen LogP contribution in [0.2, 0.25) is 0 Å². The summed E-state index contributed by atoms with van der Waals surface area (Å²) in [4.78, 5) is 2.39. The number of aromatic nitrogens is 2. The van der Waals surface area contributed by atoms with E-state index in [4.69, 9.17) is 0 Å². The van der Waals surface area contributed by atoms with E-state index in [2.05, 4.69) is 35.4 Å². The molecule has 1 aliphatic heterocycles. The van der Waals surface area contributed by atoms with Gasteiger partial charge in [0.1, 0.15) is 5.82 Å². The summed E-state index contributed by atoms with van der Waals surface area (Å²) in [5.41, 5.74) is 1.16. The van der Waals surface area contributed by atoms with Crippen molar-refractivity contribution in [3.63, 3.8) is 0 Å². The molecule has 1 N–H and O–H groups in total. The highest BCUT2D eigenvalue weighted by Crippen LogP contribution is 2.16. The molecule has 0 radical (unpaired) electrons. The van der Waals surface area contributed by atoms with Crippen LogP contribution >= 0.6 is 0 Å². The van der Waals surface area contributed by atoms with Gasteiger partial charge in [-0.3, -0.25) is 4.68 Å². The van der Waals surface area contributed by atoms with E-state index in [9.17, 15) is 0 Å². The fourth-order valence-electron chi connectivity index (χ4n) is 2.20. The van der Waals surface area contributed by atoms with Crippen molar-refractivity contribution in [1.82, 2.24) is 14.7 Å². The molecule has 90 valence electrons. The lowest BCUT2D eigenvalue weighted by Crippen LogP contribution is -2.37. The molecule has 16 heavy (non-hydrogen) atoms. The zero-order chi connectivity index (χ0) is 11.5. The third kappa shape index (κ3) is 2.55. The van der Waals surface area contributed by atoms with E-state index < -0.39 is 0 Å². The van der Waals surface area contributed by atoms with Gasteiger partial charge in [-0.2, -0.15) is 5.10 Å². The highest BCUT2D eigenvalue weighted by Gasteiger charge is 2.17. The topological polar surface area (TPSA) is 33.1 Å². The SMILES string of the molecule is CCc1cc(NC2CCN(C)CC2)n(C)n1. The van der Waals surface area contributed by atoms with Gasteiger partial charge in [-0.15, -0.1) is 0 Å². The number of nitrogens with one attached hydrogen (secondary N) is 1. The van der Waals surface area contributed by atoms with Crippen molar-refractivity contribution < 1.29 is 0 Å². The predicted molar refractivity (Wildman–Crippen MR) is 66.7 cm³/mol. The van der Waals surface area contributed by atoms with E-state index >= 15 is 0 Å². The second kappa shape index (κ2) is 4.87. The van der Waals surface area contributed by atoms with Crippen molar-refractivity contribution in [1.29, 1.82) is 0 Å². The Kier molecular flexibility index (Phi) is 3.49. The first-order valence-corrected chi connectivity index (χ1v) is 6.17. The average Bonchev–Trinajstić information content (AvgIpc) is 2.63. The summed E-state index contributed by atoms with van der Waals surface area (Å²) < 4.78 is 1.96. The van der Waals surface area contributed by atoms with Gasteiger partial charge in [-0.05, 0) is 39.4 Å². The molecule has 1 saturated heterocycles. The van der Waals surface area contributed by atoms with Gasteiger partial charge in [0, 0.05) is 19.2 Å². The molecule has 2 rings (SSSR count). The minimum atomic E-state index is 0.608. The molecule has 0 spiro atoms. The minimum absolute atomic E-state index is 0.608. The summed E-state index contributed by atoms with van der Waals surface area (Å²) in [7, 11) is 4.20. The second-order valence-electron chi connectivity index (χ2n) is 4.72. The number of anilines is 1. The van der Waals surface area contributed by atoms with Crippen molar-refractivity contribution in [2.45, 2.75) is 32.2 Å². The van der Waals surface area contributed by atoms with Gasteiger partial charge < -0.3 is 10.2 Å². The van der Waals surface area contributed by atoms with Crippen LogP contribution in [0.3, 0.4) is 0 Å². The Bertz CT molecular complexity index is 337. The van der Waals surface area contributed by atoms with Crippen LogP contribution in [0.5, 0.6) is 0 Å². The summed E-state index contributed by atoms with van der Waals surface area (Å²) in [6.07, 6.45) is 3.45. The van der Waals surface area contributed by atoms with Crippen LogP contribution in [0, 0.1) is 0 Å². The fraction of sp³-hybridized carbons (Fsp3) is 0.750. The summed E-state index contributed by atoms with van der Waals surface area (Å²) in [5, 5.41) is 8.05. The zero-order valence-electron chi connectivity index (χ0n) is 10.5. The summed E-state index contributed by atoms with van der Waals surface area (Å²) in [6, 6.07) is 2.77. The first-order chi connectivity index (χ1) is 7.69. The Labute approximate surface area is 97.6 Å². The highest BCUT2D eigenvalue weighted by molar-refractivity contribution is 5.38. The van der Waals surface area contributed by atoms with Crippen LogP contribution in [0.25, 0.3) is 0 Å². The molecular weight excluding hydrogens is 200 g/mol. The molecule has 0 unspecified atom stereocenters. The van der Waals surface area contributed by atoms with Crippen LogP contribution < -0.4 is 5.32 Å². The molecule has 0 amide bonds. The Hall–Kier alpha value is -1.03. The number of hydrogen-bond donors (Lipinski definition) is 1. The number of piperidine rings is 1. The van der Waals surface area contributed by atoms with Crippen LogP contribution in [-0.4, -0.2) is 40.9 Å². The van der Waals surface area contributed by atoms with Gasteiger partial charge in [0.15, 0.2) is 0 Å². The largest absolute Gasteiger partial charge is 0.367 e. The maximum absolute atomic E-state index is 4.45.